The standard InChI is InChI=1S/C18H19ClN2O6S/c19-15-16(20-3-7-26-8-4-20)18(23)13-2-1-12(11-14(13)17(15)22)28(24,25)21-5-9-27-10-6-21/h1-2,11H,3-10H2. The number of carbonyl (C=O) groups is 2. The van der Waals surface area contributed by atoms with Crippen molar-refractivity contribution in [2.24, 2.45) is 0 Å². The lowest BCUT2D eigenvalue weighted by atomic mass is 9.91. The molecular formula is C18H19ClN2O6S. The highest BCUT2D eigenvalue weighted by Gasteiger charge is 2.36. The Morgan fingerprint density at radius 1 is 0.857 bits per heavy atom. The number of carbonyl (C=O) groups excluding carboxylic acids is 2. The number of sulfonamides is 1. The molecule has 3 aliphatic rings. The van der Waals surface area contributed by atoms with E-state index in [-0.39, 0.29) is 45.6 Å². The van der Waals surface area contributed by atoms with E-state index in [1.807, 2.05) is 0 Å². The van der Waals surface area contributed by atoms with Crippen LogP contribution in [0.5, 0.6) is 0 Å². The number of morpholine rings is 2. The Hall–Kier alpha value is -1.78. The minimum Gasteiger partial charge on any atom is -0.379 e. The predicted molar refractivity (Wildman–Crippen MR) is 100.0 cm³/mol. The Kier molecular flexibility index (Phi) is 5.28. The summed E-state index contributed by atoms with van der Waals surface area (Å²) in [5.41, 5.74) is 0.337. The molecule has 0 atom stereocenters. The minimum absolute atomic E-state index is 0.0151. The molecule has 0 N–H and O–H groups in total. The van der Waals surface area contributed by atoms with Gasteiger partial charge >= 0.3 is 0 Å². The minimum atomic E-state index is -3.78. The second-order valence-corrected chi connectivity index (χ2v) is 8.96. The van der Waals surface area contributed by atoms with E-state index in [0.29, 0.717) is 39.5 Å². The van der Waals surface area contributed by atoms with Crippen molar-refractivity contribution in [1.29, 1.82) is 0 Å². The second kappa shape index (κ2) is 7.57. The van der Waals surface area contributed by atoms with Crippen molar-refractivity contribution in [2.75, 3.05) is 52.6 Å². The molecule has 0 spiro atoms. The van der Waals surface area contributed by atoms with Gasteiger partial charge in [-0.3, -0.25) is 9.59 Å². The fourth-order valence-electron chi connectivity index (χ4n) is 3.53. The maximum Gasteiger partial charge on any atom is 0.243 e. The maximum absolute atomic E-state index is 13.0. The second-order valence-electron chi connectivity index (χ2n) is 6.64. The number of hydrogen-bond donors (Lipinski definition) is 0. The lowest BCUT2D eigenvalue weighted by Gasteiger charge is -2.32. The number of ketones is 2. The Morgan fingerprint density at radius 3 is 2.11 bits per heavy atom. The molecule has 1 aliphatic carbocycles. The number of halogens is 1. The Morgan fingerprint density at radius 2 is 1.46 bits per heavy atom. The van der Waals surface area contributed by atoms with Crippen LogP contribution in [-0.4, -0.2) is 81.8 Å². The number of hydrogen-bond acceptors (Lipinski definition) is 7. The van der Waals surface area contributed by atoms with Crippen LogP contribution in [0.2, 0.25) is 0 Å². The summed E-state index contributed by atoms with van der Waals surface area (Å²) in [6, 6.07) is 4.01. The SMILES string of the molecule is O=C1C(Cl)=C(N2CCOCC2)C(=O)c2ccc(S(=O)(=O)N3CCOCC3)cc21. The van der Waals surface area contributed by atoms with Crippen molar-refractivity contribution in [3.05, 3.63) is 40.1 Å². The highest BCUT2D eigenvalue weighted by atomic mass is 35.5. The van der Waals surface area contributed by atoms with Gasteiger partial charge in [-0.2, -0.15) is 4.31 Å². The van der Waals surface area contributed by atoms with Crippen LogP contribution in [0.25, 0.3) is 0 Å². The third kappa shape index (κ3) is 3.27. The Labute approximate surface area is 167 Å². The molecule has 10 heteroatoms. The number of ether oxygens (including phenoxy) is 2. The monoisotopic (exact) mass is 426 g/mol. The number of benzene rings is 1. The zero-order valence-corrected chi connectivity index (χ0v) is 16.6. The summed E-state index contributed by atoms with van der Waals surface area (Å²) in [7, 11) is -3.78. The van der Waals surface area contributed by atoms with Gasteiger partial charge in [0, 0.05) is 37.3 Å². The molecule has 1 aromatic rings. The van der Waals surface area contributed by atoms with Crippen LogP contribution in [0.4, 0.5) is 0 Å². The fraction of sp³-hybridized carbons (Fsp3) is 0.444. The number of fused-ring (bicyclic) bond motifs is 1. The predicted octanol–water partition coefficient (Wildman–Crippen LogP) is 0.869. The van der Waals surface area contributed by atoms with E-state index in [4.69, 9.17) is 21.1 Å². The third-order valence-corrected chi connectivity index (χ3v) is 7.28. The average Bonchev–Trinajstić information content (AvgIpc) is 2.73. The molecule has 2 heterocycles. The molecule has 2 saturated heterocycles. The molecule has 0 unspecified atom stereocenters. The van der Waals surface area contributed by atoms with Crippen molar-refractivity contribution in [3.63, 3.8) is 0 Å². The van der Waals surface area contributed by atoms with Crippen molar-refractivity contribution in [1.82, 2.24) is 9.21 Å². The normalized spacial score (nSPS) is 21.8. The highest BCUT2D eigenvalue weighted by molar-refractivity contribution is 7.89. The summed E-state index contributed by atoms with van der Waals surface area (Å²) < 4.78 is 37.5. The first kappa shape index (κ1) is 19.5. The molecule has 0 radical (unpaired) electrons. The van der Waals surface area contributed by atoms with Crippen LogP contribution in [0.1, 0.15) is 20.7 Å². The quantitative estimate of drug-likeness (QED) is 0.707. The van der Waals surface area contributed by atoms with Crippen LogP contribution >= 0.6 is 11.6 Å². The van der Waals surface area contributed by atoms with Crippen LogP contribution in [0.15, 0.2) is 33.8 Å². The molecule has 150 valence electrons. The average molecular weight is 427 g/mol. The largest absolute Gasteiger partial charge is 0.379 e. The lowest BCUT2D eigenvalue weighted by Crippen LogP contribution is -2.41. The summed E-state index contributed by atoms with van der Waals surface area (Å²) in [5.74, 6) is -0.923. The molecule has 0 saturated carbocycles. The summed E-state index contributed by atoms with van der Waals surface area (Å²) >= 11 is 6.25. The Bertz CT molecular complexity index is 962. The number of rotatable bonds is 3. The summed E-state index contributed by atoms with van der Waals surface area (Å²) in [6.07, 6.45) is 0. The summed E-state index contributed by atoms with van der Waals surface area (Å²) in [6.45, 7) is 2.94. The van der Waals surface area contributed by atoms with Gasteiger partial charge in [-0.25, -0.2) is 8.42 Å². The van der Waals surface area contributed by atoms with E-state index >= 15 is 0 Å². The fourth-order valence-corrected chi connectivity index (χ4v) is 5.27. The van der Waals surface area contributed by atoms with Gasteiger partial charge in [0.25, 0.3) is 0 Å². The molecule has 2 fully saturated rings. The topological polar surface area (TPSA) is 93.2 Å². The molecular weight excluding hydrogens is 408 g/mol. The third-order valence-electron chi connectivity index (χ3n) is 5.04. The first-order valence-corrected chi connectivity index (χ1v) is 10.8. The van der Waals surface area contributed by atoms with Gasteiger partial charge in [0.1, 0.15) is 10.7 Å². The molecule has 0 aromatic heterocycles. The lowest BCUT2D eigenvalue weighted by molar-refractivity contribution is 0.0499. The van der Waals surface area contributed by atoms with Crippen LogP contribution < -0.4 is 0 Å². The van der Waals surface area contributed by atoms with Gasteiger partial charge in [0.15, 0.2) is 0 Å². The molecule has 0 amide bonds. The highest BCUT2D eigenvalue weighted by Crippen LogP contribution is 2.33. The molecule has 4 rings (SSSR count). The van der Waals surface area contributed by atoms with E-state index in [1.165, 1.54) is 22.5 Å². The van der Waals surface area contributed by atoms with Gasteiger partial charge in [-0.05, 0) is 18.2 Å². The van der Waals surface area contributed by atoms with E-state index < -0.39 is 15.8 Å². The summed E-state index contributed by atoms with van der Waals surface area (Å²) in [4.78, 5) is 27.5. The van der Waals surface area contributed by atoms with Crippen LogP contribution in [-0.2, 0) is 19.5 Å². The maximum atomic E-state index is 13.0. The van der Waals surface area contributed by atoms with Gasteiger partial charge < -0.3 is 14.4 Å². The van der Waals surface area contributed by atoms with Gasteiger partial charge in [0.05, 0.1) is 31.3 Å². The molecule has 1 aromatic carbocycles. The molecule has 8 nitrogen and oxygen atoms in total. The van der Waals surface area contributed by atoms with Gasteiger partial charge in [-0.15, -0.1) is 0 Å². The van der Waals surface area contributed by atoms with Crippen LogP contribution in [0, 0.1) is 0 Å². The van der Waals surface area contributed by atoms with Gasteiger partial charge in [-0.1, -0.05) is 11.6 Å². The Balaban J connectivity index is 1.71. The van der Waals surface area contributed by atoms with E-state index in [0.717, 1.165) is 0 Å². The van der Waals surface area contributed by atoms with Crippen molar-refractivity contribution in [3.8, 4) is 0 Å². The first-order valence-electron chi connectivity index (χ1n) is 8.95. The van der Waals surface area contributed by atoms with E-state index in [9.17, 15) is 18.0 Å². The summed E-state index contributed by atoms with van der Waals surface area (Å²) in [5, 5.41) is -0.180. The van der Waals surface area contributed by atoms with E-state index in [1.54, 1.807) is 4.90 Å². The smallest absolute Gasteiger partial charge is 0.243 e. The molecule has 28 heavy (non-hydrogen) atoms. The number of nitrogens with zero attached hydrogens (tertiary/aromatic N) is 2. The van der Waals surface area contributed by atoms with Crippen molar-refractivity contribution in [2.45, 2.75) is 4.90 Å². The molecule has 2 aliphatic heterocycles. The van der Waals surface area contributed by atoms with Gasteiger partial charge in [0.2, 0.25) is 21.6 Å². The van der Waals surface area contributed by atoms with Crippen molar-refractivity contribution >= 4 is 33.2 Å². The zero-order chi connectivity index (χ0) is 19.9. The number of Topliss-reactive ketones (excluding diaryl/α,β-unsaturated/α-hetero) is 2. The first-order chi connectivity index (χ1) is 13.4. The zero-order valence-electron chi connectivity index (χ0n) is 15.0. The van der Waals surface area contributed by atoms with E-state index in [2.05, 4.69) is 0 Å². The van der Waals surface area contributed by atoms with Crippen molar-refractivity contribution < 1.29 is 27.5 Å². The molecule has 0 bridgehead atoms. The van der Waals surface area contributed by atoms with Crippen LogP contribution in [0.3, 0.4) is 0 Å². The number of allylic oxidation sites excluding steroid dienone is 2.